The van der Waals surface area contributed by atoms with Gasteiger partial charge in [-0.25, -0.2) is 0 Å². The highest BCUT2D eigenvalue weighted by atomic mass is 16.3. The van der Waals surface area contributed by atoms with Gasteiger partial charge in [-0.3, -0.25) is 4.79 Å². The van der Waals surface area contributed by atoms with E-state index in [0.29, 0.717) is 29.6 Å². The molecule has 2 aliphatic rings. The number of hydrogen-bond acceptors (Lipinski definition) is 2. The average molecular weight is 267 g/mol. The fraction of sp³-hybridized carbons (Fsp3) is 0.938. The number of piperidine rings is 1. The lowest BCUT2D eigenvalue weighted by molar-refractivity contribution is -0.135. The summed E-state index contributed by atoms with van der Waals surface area (Å²) < 4.78 is 0. The molecule has 1 amide bonds. The van der Waals surface area contributed by atoms with E-state index in [0.717, 1.165) is 25.9 Å². The van der Waals surface area contributed by atoms with Gasteiger partial charge in [0, 0.05) is 26.1 Å². The molecule has 2 atom stereocenters. The highest BCUT2D eigenvalue weighted by Crippen LogP contribution is 2.42. The molecule has 0 radical (unpaired) electrons. The molecule has 110 valence electrons. The standard InChI is InChI=1S/C16H29NO2/c1-16(2)8-4-3-7-14(16)10-15(19)17-9-5-6-13(11-17)12-18/h13-14,18H,3-12H2,1-2H3. The second kappa shape index (κ2) is 6.25. The van der Waals surface area contributed by atoms with Gasteiger partial charge < -0.3 is 10.0 Å². The molecule has 0 aromatic heterocycles. The van der Waals surface area contributed by atoms with Crippen LogP contribution in [0, 0.1) is 17.3 Å². The van der Waals surface area contributed by atoms with E-state index in [-0.39, 0.29) is 6.61 Å². The Morgan fingerprint density at radius 2 is 2.05 bits per heavy atom. The molecule has 3 nitrogen and oxygen atoms in total. The van der Waals surface area contributed by atoms with Crippen LogP contribution in [0.1, 0.15) is 58.8 Å². The van der Waals surface area contributed by atoms with Crippen LogP contribution in [0.2, 0.25) is 0 Å². The molecule has 1 heterocycles. The van der Waals surface area contributed by atoms with Crippen LogP contribution in [-0.4, -0.2) is 35.6 Å². The van der Waals surface area contributed by atoms with Gasteiger partial charge in [-0.2, -0.15) is 0 Å². The van der Waals surface area contributed by atoms with E-state index in [1.54, 1.807) is 0 Å². The summed E-state index contributed by atoms with van der Waals surface area (Å²) in [6.07, 6.45) is 7.88. The lowest BCUT2D eigenvalue weighted by Crippen LogP contribution is -2.43. The number of amides is 1. The van der Waals surface area contributed by atoms with Crippen LogP contribution in [0.4, 0.5) is 0 Å². The van der Waals surface area contributed by atoms with Crippen LogP contribution < -0.4 is 0 Å². The minimum absolute atomic E-state index is 0.221. The molecule has 1 aliphatic carbocycles. The van der Waals surface area contributed by atoms with Crippen molar-refractivity contribution in [2.24, 2.45) is 17.3 Å². The Labute approximate surface area is 117 Å². The first-order valence-corrected chi connectivity index (χ1v) is 7.91. The van der Waals surface area contributed by atoms with Crippen LogP contribution in [0.3, 0.4) is 0 Å². The number of rotatable bonds is 3. The molecule has 19 heavy (non-hydrogen) atoms. The van der Waals surface area contributed by atoms with E-state index in [1.807, 2.05) is 4.90 Å². The van der Waals surface area contributed by atoms with Crippen molar-refractivity contribution in [2.45, 2.75) is 58.8 Å². The number of likely N-dealkylation sites (tertiary alicyclic amines) is 1. The summed E-state index contributed by atoms with van der Waals surface area (Å²) in [4.78, 5) is 14.5. The molecule has 0 aromatic carbocycles. The molecule has 1 aliphatic heterocycles. The van der Waals surface area contributed by atoms with Crippen molar-refractivity contribution in [2.75, 3.05) is 19.7 Å². The number of carbonyl (C=O) groups excluding carboxylic acids is 1. The number of aliphatic hydroxyl groups excluding tert-OH is 1. The Bertz CT molecular complexity index is 314. The Kier molecular flexibility index (Phi) is 4.88. The van der Waals surface area contributed by atoms with E-state index >= 15 is 0 Å². The summed E-state index contributed by atoms with van der Waals surface area (Å²) in [6, 6.07) is 0. The van der Waals surface area contributed by atoms with E-state index in [4.69, 9.17) is 0 Å². The predicted octanol–water partition coefficient (Wildman–Crippen LogP) is 2.82. The number of carbonyl (C=O) groups is 1. The molecular weight excluding hydrogens is 238 g/mol. The van der Waals surface area contributed by atoms with E-state index in [9.17, 15) is 9.90 Å². The summed E-state index contributed by atoms with van der Waals surface area (Å²) in [5.41, 5.74) is 0.320. The van der Waals surface area contributed by atoms with Gasteiger partial charge in [-0.1, -0.05) is 26.7 Å². The Balaban J connectivity index is 1.89. The summed E-state index contributed by atoms with van der Waals surface area (Å²) in [6.45, 7) is 6.51. The minimum atomic E-state index is 0.221. The largest absolute Gasteiger partial charge is 0.396 e. The zero-order valence-corrected chi connectivity index (χ0v) is 12.5. The molecule has 3 heteroatoms. The van der Waals surface area contributed by atoms with Gasteiger partial charge in [0.05, 0.1) is 0 Å². The molecular formula is C16H29NO2. The van der Waals surface area contributed by atoms with Gasteiger partial charge in [-0.05, 0) is 42.9 Å². The molecule has 1 N–H and O–H groups in total. The fourth-order valence-corrected chi connectivity index (χ4v) is 3.73. The molecule has 1 saturated carbocycles. The molecule has 2 fully saturated rings. The fourth-order valence-electron chi connectivity index (χ4n) is 3.73. The van der Waals surface area contributed by atoms with Crippen LogP contribution in [-0.2, 0) is 4.79 Å². The third-order valence-electron chi connectivity index (χ3n) is 5.28. The molecule has 2 rings (SSSR count). The summed E-state index contributed by atoms with van der Waals surface area (Å²) >= 11 is 0. The van der Waals surface area contributed by atoms with Crippen molar-refractivity contribution >= 4 is 5.91 Å². The van der Waals surface area contributed by atoms with Crippen molar-refractivity contribution in [1.29, 1.82) is 0 Å². The molecule has 0 spiro atoms. The Morgan fingerprint density at radius 3 is 2.74 bits per heavy atom. The maximum Gasteiger partial charge on any atom is 0.222 e. The monoisotopic (exact) mass is 267 g/mol. The SMILES string of the molecule is CC1(C)CCCCC1CC(=O)N1CCCC(CO)C1. The highest BCUT2D eigenvalue weighted by molar-refractivity contribution is 5.76. The molecule has 2 unspecified atom stereocenters. The second-order valence-corrected chi connectivity index (χ2v) is 7.17. The van der Waals surface area contributed by atoms with Gasteiger partial charge >= 0.3 is 0 Å². The van der Waals surface area contributed by atoms with Crippen molar-refractivity contribution in [3.63, 3.8) is 0 Å². The number of aliphatic hydroxyl groups is 1. The van der Waals surface area contributed by atoms with Crippen molar-refractivity contribution in [3.8, 4) is 0 Å². The second-order valence-electron chi connectivity index (χ2n) is 7.17. The summed E-state index contributed by atoms with van der Waals surface area (Å²) in [7, 11) is 0. The van der Waals surface area contributed by atoms with Crippen LogP contribution in [0.25, 0.3) is 0 Å². The highest BCUT2D eigenvalue weighted by Gasteiger charge is 2.35. The van der Waals surface area contributed by atoms with Crippen LogP contribution >= 0.6 is 0 Å². The number of nitrogens with zero attached hydrogens (tertiary/aromatic N) is 1. The lowest BCUT2D eigenvalue weighted by atomic mass is 9.67. The van der Waals surface area contributed by atoms with E-state index in [1.165, 1.54) is 25.7 Å². The van der Waals surface area contributed by atoms with Crippen molar-refractivity contribution < 1.29 is 9.90 Å². The first-order chi connectivity index (χ1) is 9.03. The Morgan fingerprint density at radius 1 is 1.26 bits per heavy atom. The predicted molar refractivity (Wildman–Crippen MR) is 76.7 cm³/mol. The van der Waals surface area contributed by atoms with E-state index < -0.39 is 0 Å². The first-order valence-electron chi connectivity index (χ1n) is 7.91. The van der Waals surface area contributed by atoms with Crippen molar-refractivity contribution in [1.82, 2.24) is 4.90 Å². The average Bonchev–Trinajstić information content (AvgIpc) is 2.41. The summed E-state index contributed by atoms with van der Waals surface area (Å²) in [5, 5.41) is 9.26. The van der Waals surface area contributed by atoms with Gasteiger partial charge in [0.15, 0.2) is 0 Å². The van der Waals surface area contributed by atoms with Crippen LogP contribution in [0.15, 0.2) is 0 Å². The molecule has 0 aromatic rings. The van der Waals surface area contributed by atoms with Gasteiger partial charge in [-0.15, -0.1) is 0 Å². The zero-order valence-electron chi connectivity index (χ0n) is 12.5. The summed E-state index contributed by atoms with van der Waals surface area (Å²) in [5.74, 6) is 1.17. The topological polar surface area (TPSA) is 40.5 Å². The lowest BCUT2D eigenvalue weighted by Gasteiger charge is -2.40. The van der Waals surface area contributed by atoms with E-state index in [2.05, 4.69) is 13.8 Å². The minimum Gasteiger partial charge on any atom is -0.396 e. The molecule has 1 saturated heterocycles. The number of hydrogen-bond donors (Lipinski definition) is 1. The Hall–Kier alpha value is -0.570. The zero-order chi connectivity index (χ0) is 13.9. The van der Waals surface area contributed by atoms with Gasteiger partial charge in [0.25, 0.3) is 0 Å². The quantitative estimate of drug-likeness (QED) is 0.854. The smallest absolute Gasteiger partial charge is 0.222 e. The first kappa shape index (κ1) is 14.8. The third-order valence-corrected chi connectivity index (χ3v) is 5.28. The van der Waals surface area contributed by atoms with Gasteiger partial charge in [0.2, 0.25) is 5.91 Å². The van der Waals surface area contributed by atoms with Gasteiger partial charge in [0.1, 0.15) is 0 Å². The van der Waals surface area contributed by atoms with Crippen molar-refractivity contribution in [3.05, 3.63) is 0 Å². The normalized spacial score (nSPS) is 31.2. The van der Waals surface area contributed by atoms with Crippen LogP contribution in [0.5, 0.6) is 0 Å². The maximum absolute atomic E-state index is 12.5. The molecule has 0 bridgehead atoms. The maximum atomic E-state index is 12.5. The third kappa shape index (κ3) is 3.71.